The number of rotatable bonds is 4. The minimum Gasteiger partial charge on any atom is -0.217 e. The Morgan fingerprint density at radius 1 is 1.30 bits per heavy atom. The van der Waals surface area contributed by atoms with E-state index >= 15 is 0 Å². The third-order valence-corrected chi connectivity index (χ3v) is 1.99. The first-order chi connectivity index (χ1) is 4.52. The Bertz CT molecular complexity index is 85.7. The quantitative estimate of drug-likeness (QED) is 0.475. The SMILES string of the molecule is CCCC(CC)[N+](C)(C)O. The summed E-state index contributed by atoms with van der Waals surface area (Å²) in [6, 6.07) is 0.407. The highest BCUT2D eigenvalue weighted by Gasteiger charge is 2.23. The monoisotopic (exact) mass is 146 g/mol. The van der Waals surface area contributed by atoms with Gasteiger partial charge in [0.1, 0.15) is 6.04 Å². The van der Waals surface area contributed by atoms with Gasteiger partial charge in [0.2, 0.25) is 0 Å². The largest absolute Gasteiger partial charge is 0.217 e. The first-order valence-corrected chi connectivity index (χ1v) is 4.08. The molecule has 0 aromatic rings. The van der Waals surface area contributed by atoms with Crippen LogP contribution in [0.2, 0.25) is 0 Å². The lowest BCUT2D eigenvalue weighted by molar-refractivity contribution is -1.09. The molecule has 0 aromatic carbocycles. The zero-order chi connectivity index (χ0) is 8.20. The van der Waals surface area contributed by atoms with E-state index in [-0.39, 0.29) is 4.65 Å². The Hall–Kier alpha value is -0.0800. The summed E-state index contributed by atoms with van der Waals surface area (Å²) in [6.45, 7) is 4.27. The van der Waals surface area contributed by atoms with Gasteiger partial charge in [0.25, 0.3) is 0 Å². The standard InChI is InChI=1S/C8H20NO/c1-5-7-8(6-2)9(3,4)10/h8,10H,5-7H2,1-4H3/q+1. The van der Waals surface area contributed by atoms with Crippen LogP contribution in [0.15, 0.2) is 0 Å². The van der Waals surface area contributed by atoms with Gasteiger partial charge < -0.3 is 0 Å². The third kappa shape index (κ3) is 3.18. The van der Waals surface area contributed by atoms with Gasteiger partial charge in [0.15, 0.2) is 0 Å². The molecular formula is C8H20NO+. The molecule has 2 heteroatoms. The Labute approximate surface area is 64.0 Å². The second kappa shape index (κ2) is 3.94. The molecule has 0 spiro atoms. The minimum absolute atomic E-state index is 0.115. The van der Waals surface area contributed by atoms with Gasteiger partial charge in [-0.05, 0) is 6.42 Å². The molecule has 0 radical (unpaired) electrons. The Balaban J connectivity index is 3.81. The van der Waals surface area contributed by atoms with Gasteiger partial charge in [0.05, 0.1) is 14.1 Å². The van der Waals surface area contributed by atoms with E-state index in [4.69, 9.17) is 0 Å². The van der Waals surface area contributed by atoms with Crippen LogP contribution in [-0.2, 0) is 0 Å². The summed E-state index contributed by atoms with van der Waals surface area (Å²) in [6.07, 6.45) is 3.32. The summed E-state index contributed by atoms with van der Waals surface area (Å²) < 4.78 is 0.115. The topological polar surface area (TPSA) is 20.2 Å². The Morgan fingerprint density at radius 2 is 1.80 bits per heavy atom. The van der Waals surface area contributed by atoms with Crippen molar-refractivity contribution >= 4 is 0 Å². The van der Waals surface area contributed by atoms with Gasteiger partial charge in [-0.3, -0.25) is 0 Å². The molecule has 1 N–H and O–H groups in total. The van der Waals surface area contributed by atoms with E-state index < -0.39 is 0 Å². The van der Waals surface area contributed by atoms with Gasteiger partial charge in [0, 0.05) is 6.42 Å². The number of hydroxylamine groups is 3. The summed E-state index contributed by atoms with van der Waals surface area (Å²) in [5.41, 5.74) is 0. The van der Waals surface area contributed by atoms with Crippen molar-refractivity contribution in [3.05, 3.63) is 0 Å². The average Bonchev–Trinajstić information content (AvgIpc) is 1.80. The number of hydrogen-bond donors (Lipinski definition) is 1. The maximum Gasteiger partial charge on any atom is 0.118 e. The first-order valence-electron chi connectivity index (χ1n) is 4.08. The summed E-state index contributed by atoms with van der Waals surface area (Å²) in [5.74, 6) is 0. The van der Waals surface area contributed by atoms with Crippen molar-refractivity contribution in [1.29, 1.82) is 0 Å². The fraction of sp³-hybridized carbons (Fsp3) is 1.00. The molecule has 0 saturated heterocycles. The van der Waals surface area contributed by atoms with Gasteiger partial charge in [-0.2, -0.15) is 4.65 Å². The van der Waals surface area contributed by atoms with Crippen molar-refractivity contribution in [1.82, 2.24) is 0 Å². The van der Waals surface area contributed by atoms with E-state index in [1.807, 2.05) is 14.1 Å². The van der Waals surface area contributed by atoms with Crippen LogP contribution in [-0.4, -0.2) is 30.0 Å². The van der Waals surface area contributed by atoms with E-state index in [9.17, 15) is 5.21 Å². The molecule has 0 rings (SSSR count). The third-order valence-electron chi connectivity index (χ3n) is 1.99. The minimum atomic E-state index is 0.115. The fourth-order valence-corrected chi connectivity index (χ4v) is 1.30. The number of nitrogens with zero attached hydrogens (tertiary/aromatic N) is 1. The molecule has 0 saturated carbocycles. The molecule has 0 fully saturated rings. The summed E-state index contributed by atoms with van der Waals surface area (Å²) in [7, 11) is 3.67. The van der Waals surface area contributed by atoms with Gasteiger partial charge in [-0.15, -0.1) is 0 Å². The normalized spacial score (nSPS) is 15.3. The maximum atomic E-state index is 9.55. The van der Waals surface area contributed by atoms with Crippen molar-refractivity contribution in [3.63, 3.8) is 0 Å². The molecule has 0 amide bonds. The van der Waals surface area contributed by atoms with Crippen LogP contribution in [0.4, 0.5) is 0 Å². The molecule has 0 aliphatic carbocycles. The first kappa shape index (κ1) is 9.92. The Kier molecular flexibility index (Phi) is 3.91. The molecular weight excluding hydrogens is 126 g/mol. The lowest BCUT2D eigenvalue weighted by Crippen LogP contribution is -2.45. The zero-order valence-corrected chi connectivity index (χ0v) is 7.59. The zero-order valence-electron chi connectivity index (χ0n) is 7.59. The molecule has 0 aliphatic heterocycles. The van der Waals surface area contributed by atoms with E-state index in [0.717, 1.165) is 19.3 Å². The van der Waals surface area contributed by atoms with E-state index in [1.54, 1.807) is 0 Å². The van der Waals surface area contributed by atoms with Gasteiger partial charge in [-0.1, -0.05) is 20.3 Å². The number of hydrogen-bond acceptors (Lipinski definition) is 1. The van der Waals surface area contributed by atoms with E-state index in [2.05, 4.69) is 13.8 Å². The van der Waals surface area contributed by atoms with Gasteiger partial charge >= 0.3 is 0 Å². The molecule has 0 aromatic heterocycles. The lowest BCUT2D eigenvalue weighted by atomic mass is 10.1. The van der Waals surface area contributed by atoms with Crippen LogP contribution in [0.3, 0.4) is 0 Å². The second-order valence-electron chi connectivity index (χ2n) is 3.33. The van der Waals surface area contributed by atoms with Crippen LogP contribution in [0.25, 0.3) is 0 Å². The lowest BCUT2D eigenvalue weighted by Gasteiger charge is -2.29. The molecule has 0 heterocycles. The molecule has 10 heavy (non-hydrogen) atoms. The predicted octanol–water partition coefficient (Wildman–Crippen LogP) is 2.03. The van der Waals surface area contributed by atoms with Gasteiger partial charge in [-0.25, -0.2) is 5.21 Å². The molecule has 0 aliphatic rings. The summed E-state index contributed by atoms with van der Waals surface area (Å²) >= 11 is 0. The fourth-order valence-electron chi connectivity index (χ4n) is 1.30. The van der Waals surface area contributed by atoms with Crippen molar-refractivity contribution in [3.8, 4) is 0 Å². The molecule has 0 bridgehead atoms. The summed E-state index contributed by atoms with van der Waals surface area (Å²) in [4.78, 5) is 0. The Morgan fingerprint density at radius 3 is 1.90 bits per heavy atom. The highest BCUT2D eigenvalue weighted by Crippen LogP contribution is 2.12. The molecule has 62 valence electrons. The maximum absolute atomic E-state index is 9.55. The summed E-state index contributed by atoms with van der Waals surface area (Å²) in [5, 5.41) is 9.55. The van der Waals surface area contributed by atoms with E-state index in [0.29, 0.717) is 6.04 Å². The van der Waals surface area contributed by atoms with Crippen LogP contribution < -0.4 is 0 Å². The molecule has 1 unspecified atom stereocenters. The second-order valence-corrected chi connectivity index (χ2v) is 3.33. The predicted molar refractivity (Wildman–Crippen MR) is 42.9 cm³/mol. The van der Waals surface area contributed by atoms with Crippen LogP contribution in [0.1, 0.15) is 33.1 Å². The van der Waals surface area contributed by atoms with Crippen LogP contribution in [0.5, 0.6) is 0 Å². The average molecular weight is 146 g/mol. The van der Waals surface area contributed by atoms with Crippen molar-refractivity contribution in [2.75, 3.05) is 14.1 Å². The van der Waals surface area contributed by atoms with Crippen molar-refractivity contribution in [2.45, 2.75) is 39.2 Å². The highest BCUT2D eigenvalue weighted by atomic mass is 16.5. The highest BCUT2D eigenvalue weighted by molar-refractivity contribution is 4.51. The van der Waals surface area contributed by atoms with Crippen LogP contribution >= 0.6 is 0 Å². The van der Waals surface area contributed by atoms with Crippen LogP contribution in [0, 0.1) is 0 Å². The van der Waals surface area contributed by atoms with E-state index in [1.165, 1.54) is 0 Å². The molecule has 2 nitrogen and oxygen atoms in total. The van der Waals surface area contributed by atoms with Crippen molar-refractivity contribution < 1.29 is 9.85 Å². The molecule has 1 atom stereocenters. The van der Waals surface area contributed by atoms with Crippen molar-refractivity contribution in [2.24, 2.45) is 0 Å². The smallest absolute Gasteiger partial charge is 0.118 e. The number of quaternary nitrogens is 1.